The summed E-state index contributed by atoms with van der Waals surface area (Å²) in [7, 11) is -3.07. The highest BCUT2D eigenvalue weighted by Gasteiger charge is 2.30. The third-order valence-electron chi connectivity index (χ3n) is 2.82. The molecule has 0 saturated heterocycles. The van der Waals surface area contributed by atoms with Gasteiger partial charge >= 0.3 is 5.97 Å². The van der Waals surface area contributed by atoms with Crippen LogP contribution in [0.5, 0.6) is 0 Å². The summed E-state index contributed by atoms with van der Waals surface area (Å²) in [4.78, 5) is 22.4. The molecule has 0 heterocycles. The molecule has 0 aromatic heterocycles. The number of carbonyl (C=O) groups excluding carboxylic acids is 1. The molecule has 7 heteroatoms. The Labute approximate surface area is 107 Å². The van der Waals surface area contributed by atoms with E-state index < -0.39 is 27.8 Å². The number of sulfone groups is 1. The maximum atomic E-state index is 11.5. The summed E-state index contributed by atoms with van der Waals surface area (Å²) >= 11 is 0. The summed E-state index contributed by atoms with van der Waals surface area (Å²) in [5.41, 5.74) is 0. The van der Waals surface area contributed by atoms with Gasteiger partial charge in [-0.2, -0.15) is 0 Å². The molecule has 18 heavy (non-hydrogen) atoms. The minimum Gasteiger partial charge on any atom is -0.480 e. The Balaban J connectivity index is 2.29. The van der Waals surface area contributed by atoms with Gasteiger partial charge in [-0.25, -0.2) is 13.2 Å². The van der Waals surface area contributed by atoms with Gasteiger partial charge in [0.1, 0.15) is 15.9 Å². The van der Waals surface area contributed by atoms with Crippen LogP contribution >= 0.6 is 0 Å². The van der Waals surface area contributed by atoms with E-state index >= 15 is 0 Å². The average molecular weight is 277 g/mol. The van der Waals surface area contributed by atoms with Gasteiger partial charge in [0.2, 0.25) is 5.91 Å². The first-order chi connectivity index (χ1) is 8.28. The number of carbonyl (C=O) groups is 2. The molecular weight excluding hydrogens is 258 g/mol. The molecule has 6 nitrogen and oxygen atoms in total. The molecule has 1 atom stereocenters. The van der Waals surface area contributed by atoms with E-state index in [4.69, 9.17) is 5.11 Å². The van der Waals surface area contributed by atoms with E-state index in [0.717, 1.165) is 19.1 Å². The monoisotopic (exact) mass is 277 g/mol. The van der Waals surface area contributed by atoms with E-state index in [1.54, 1.807) is 0 Å². The Hall–Kier alpha value is -1.11. The van der Waals surface area contributed by atoms with E-state index in [9.17, 15) is 18.0 Å². The van der Waals surface area contributed by atoms with Crippen molar-refractivity contribution in [1.82, 2.24) is 5.32 Å². The fourth-order valence-corrected chi connectivity index (χ4v) is 2.34. The number of hydrogen-bond acceptors (Lipinski definition) is 4. The van der Waals surface area contributed by atoms with Crippen LogP contribution in [0, 0.1) is 5.92 Å². The molecule has 0 aromatic carbocycles. The van der Waals surface area contributed by atoms with Crippen LogP contribution in [0.25, 0.3) is 0 Å². The van der Waals surface area contributed by atoms with Crippen LogP contribution in [0.4, 0.5) is 0 Å². The molecule has 2 N–H and O–H groups in total. The van der Waals surface area contributed by atoms with E-state index in [1.165, 1.54) is 0 Å². The zero-order valence-corrected chi connectivity index (χ0v) is 11.2. The third-order valence-corrected chi connectivity index (χ3v) is 3.85. The number of carboxylic acids is 1. The zero-order valence-electron chi connectivity index (χ0n) is 10.4. The summed E-state index contributed by atoms with van der Waals surface area (Å²) in [6.45, 7) is 0. The Morgan fingerprint density at radius 2 is 2.00 bits per heavy atom. The molecule has 0 aliphatic heterocycles. The topological polar surface area (TPSA) is 101 Å². The van der Waals surface area contributed by atoms with E-state index in [0.29, 0.717) is 12.3 Å². The highest BCUT2D eigenvalue weighted by molar-refractivity contribution is 7.90. The quantitative estimate of drug-likeness (QED) is 0.659. The molecule has 1 amide bonds. The number of aliphatic carboxylic acids is 1. The molecule has 1 unspecified atom stereocenters. The summed E-state index contributed by atoms with van der Waals surface area (Å²) < 4.78 is 21.7. The molecule has 0 radical (unpaired) electrons. The van der Waals surface area contributed by atoms with Crippen LogP contribution in [0.2, 0.25) is 0 Å². The lowest BCUT2D eigenvalue weighted by molar-refractivity contribution is -0.142. The molecule has 0 spiro atoms. The molecule has 0 bridgehead atoms. The standard InChI is InChI=1S/C11H19NO5S/c1-18(16,17)6-2-3-10(13)12-9(11(14)15)7-8-4-5-8/h8-9H,2-7H2,1H3,(H,12,13)(H,14,15). The van der Waals surface area contributed by atoms with Crippen molar-refractivity contribution in [2.75, 3.05) is 12.0 Å². The maximum absolute atomic E-state index is 11.5. The van der Waals surface area contributed by atoms with E-state index in [-0.39, 0.29) is 18.6 Å². The predicted octanol–water partition coefficient (Wildman–Crippen LogP) is 0.181. The molecule has 1 aliphatic rings. The number of hydrogen-bond donors (Lipinski definition) is 2. The number of amides is 1. The third kappa shape index (κ3) is 6.58. The number of carboxylic acid groups (broad SMARTS) is 1. The van der Waals surface area contributed by atoms with Crippen molar-refractivity contribution in [3.05, 3.63) is 0 Å². The Morgan fingerprint density at radius 3 is 2.44 bits per heavy atom. The van der Waals surface area contributed by atoms with Crippen molar-refractivity contribution in [3.8, 4) is 0 Å². The Bertz CT molecular complexity index is 413. The summed E-state index contributed by atoms with van der Waals surface area (Å²) in [5, 5.41) is 11.4. The molecule has 1 saturated carbocycles. The van der Waals surface area contributed by atoms with Crippen LogP contribution in [-0.4, -0.2) is 43.5 Å². The van der Waals surface area contributed by atoms with Crippen LogP contribution < -0.4 is 5.32 Å². The minimum absolute atomic E-state index is 0.0432. The first-order valence-corrected chi connectivity index (χ1v) is 8.04. The fourth-order valence-electron chi connectivity index (χ4n) is 1.67. The fraction of sp³-hybridized carbons (Fsp3) is 0.818. The molecule has 1 fully saturated rings. The van der Waals surface area contributed by atoms with Crippen LogP contribution in [0.15, 0.2) is 0 Å². The lowest BCUT2D eigenvalue weighted by Crippen LogP contribution is -2.41. The Morgan fingerprint density at radius 1 is 1.39 bits per heavy atom. The molecule has 104 valence electrons. The molecule has 1 rings (SSSR count). The van der Waals surface area contributed by atoms with E-state index in [1.807, 2.05) is 0 Å². The van der Waals surface area contributed by atoms with Gasteiger partial charge < -0.3 is 10.4 Å². The van der Waals surface area contributed by atoms with Crippen molar-refractivity contribution in [1.29, 1.82) is 0 Å². The van der Waals surface area contributed by atoms with Gasteiger partial charge in [0.25, 0.3) is 0 Å². The number of rotatable bonds is 8. The summed E-state index contributed by atoms with van der Waals surface area (Å²) in [5.74, 6) is -1.08. The normalized spacial score (nSPS) is 17.2. The average Bonchev–Trinajstić information content (AvgIpc) is 2.98. The van der Waals surface area contributed by atoms with Gasteiger partial charge in [-0.3, -0.25) is 4.79 Å². The molecule has 0 aromatic rings. The lowest BCUT2D eigenvalue weighted by Gasteiger charge is -2.13. The van der Waals surface area contributed by atoms with Crippen molar-refractivity contribution >= 4 is 21.7 Å². The highest BCUT2D eigenvalue weighted by Crippen LogP contribution is 2.33. The van der Waals surface area contributed by atoms with Gasteiger partial charge in [-0.15, -0.1) is 0 Å². The predicted molar refractivity (Wildman–Crippen MR) is 65.9 cm³/mol. The highest BCUT2D eigenvalue weighted by atomic mass is 32.2. The number of nitrogens with one attached hydrogen (secondary N) is 1. The first-order valence-electron chi connectivity index (χ1n) is 5.98. The van der Waals surface area contributed by atoms with E-state index in [2.05, 4.69) is 5.32 Å². The van der Waals surface area contributed by atoms with Crippen molar-refractivity contribution in [2.24, 2.45) is 5.92 Å². The second kappa shape index (κ2) is 6.17. The minimum atomic E-state index is -3.07. The van der Waals surface area contributed by atoms with Crippen molar-refractivity contribution < 1.29 is 23.1 Å². The first kappa shape index (κ1) is 14.9. The smallest absolute Gasteiger partial charge is 0.326 e. The molecular formula is C11H19NO5S. The molecule has 1 aliphatic carbocycles. The summed E-state index contributed by atoms with van der Waals surface area (Å²) in [6, 6.07) is -0.844. The summed E-state index contributed by atoms with van der Waals surface area (Å²) in [6.07, 6.45) is 3.88. The SMILES string of the molecule is CS(=O)(=O)CCCC(=O)NC(CC1CC1)C(=O)O. The van der Waals surface area contributed by atoms with Gasteiger partial charge in [-0.05, 0) is 18.8 Å². The lowest BCUT2D eigenvalue weighted by atomic mass is 10.1. The van der Waals surface area contributed by atoms with Gasteiger partial charge in [0.15, 0.2) is 0 Å². The van der Waals surface area contributed by atoms with Gasteiger partial charge in [0, 0.05) is 12.7 Å². The second-order valence-electron chi connectivity index (χ2n) is 4.87. The van der Waals surface area contributed by atoms with Crippen molar-refractivity contribution in [2.45, 2.75) is 38.1 Å². The van der Waals surface area contributed by atoms with Crippen LogP contribution in [-0.2, 0) is 19.4 Å². The van der Waals surface area contributed by atoms with Gasteiger partial charge in [-0.1, -0.05) is 12.8 Å². The van der Waals surface area contributed by atoms with Crippen molar-refractivity contribution in [3.63, 3.8) is 0 Å². The zero-order chi connectivity index (χ0) is 13.8. The van der Waals surface area contributed by atoms with Crippen LogP contribution in [0.3, 0.4) is 0 Å². The van der Waals surface area contributed by atoms with Crippen LogP contribution in [0.1, 0.15) is 32.1 Å². The second-order valence-corrected chi connectivity index (χ2v) is 7.13. The Kier molecular flexibility index (Phi) is 5.13. The maximum Gasteiger partial charge on any atom is 0.326 e. The van der Waals surface area contributed by atoms with Gasteiger partial charge in [0.05, 0.1) is 5.75 Å². The largest absolute Gasteiger partial charge is 0.480 e.